The van der Waals surface area contributed by atoms with Gasteiger partial charge in [0, 0.05) is 6.20 Å². The molecular formula is C12H8F3NO3S. The fourth-order valence-corrected chi connectivity index (χ4v) is 2.30. The first-order valence-electron chi connectivity index (χ1n) is 5.30. The molecule has 0 spiro atoms. The molecule has 0 aliphatic carbocycles. The fraction of sp³-hybridized carbons (Fsp3) is 0.0833. The van der Waals surface area contributed by atoms with Gasteiger partial charge in [-0.15, -0.1) is 0 Å². The van der Waals surface area contributed by atoms with E-state index in [1.54, 1.807) is 0 Å². The van der Waals surface area contributed by atoms with Crippen molar-refractivity contribution >= 4 is 9.84 Å². The van der Waals surface area contributed by atoms with Gasteiger partial charge in [-0.25, -0.2) is 8.42 Å². The molecule has 1 aromatic heterocycles. The lowest BCUT2D eigenvalue weighted by Crippen LogP contribution is -2.23. The summed E-state index contributed by atoms with van der Waals surface area (Å²) in [5, 5.41) is 0. The van der Waals surface area contributed by atoms with Crippen LogP contribution in [0, 0.1) is 0 Å². The Hall–Kier alpha value is -2.09. The highest BCUT2D eigenvalue weighted by Gasteiger charge is 2.48. The molecule has 0 saturated heterocycles. The Morgan fingerprint density at radius 3 is 2.35 bits per heavy atom. The van der Waals surface area contributed by atoms with E-state index in [-0.39, 0.29) is 5.75 Å². The van der Waals surface area contributed by atoms with Gasteiger partial charge in [0.2, 0.25) is 0 Å². The first-order valence-corrected chi connectivity index (χ1v) is 6.79. The van der Waals surface area contributed by atoms with Crippen LogP contribution in [0.2, 0.25) is 0 Å². The summed E-state index contributed by atoms with van der Waals surface area (Å²) in [7, 11) is -5.47. The van der Waals surface area contributed by atoms with Crippen LogP contribution < -0.4 is 4.74 Å². The van der Waals surface area contributed by atoms with Crippen LogP contribution in [-0.2, 0) is 9.84 Å². The van der Waals surface area contributed by atoms with Crippen LogP contribution in [0.15, 0.2) is 53.7 Å². The summed E-state index contributed by atoms with van der Waals surface area (Å²) >= 11 is 0. The van der Waals surface area contributed by atoms with Crippen LogP contribution in [0.3, 0.4) is 0 Å². The van der Waals surface area contributed by atoms with Gasteiger partial charge in [-0.2, -0.15) is 13.2 Å². The Morgan fingerprint density at radius 2 is 1.75 bits per heavy atom. The Bertz CT molecular complexity index is 699. The molecule has 0 radical (unpaired) electrons. The van der Waals surface area contributed by atoms with Crippen LogP contribution >= 0.6 is 0 Å². The number of alkyl halides is 3. The third kappa shape index (κ3) is 2.74. The summed E-state index contributed by atoms with van der Waals surface area (Å²) in [4.78, 5) is 2.79. The first-order chi connectivity index (χ1) is 9.32. The summed E-state index contributed by atoms with van der Waals surface area (Å²) in [6.45, 7) is 0. The molecule has 0 unspecified atom stereocenters. The molecule has 1 aromatic carbocycles. The predicted molar refractivity (Wildman–Crippen MR) is 64.0 cm³/mol. The van der Waals surface area contributed by atoms with Crippen molar-refractivity contribution in [2.75, 3.05) is 0 Å². The van der Waals surface area contributed by atoms with Crippen molar-refractivity contribution < 1.29 is 26.3 Å². The third-order valence-electron chi connectivity index (χ3n) is 2.31. The Kier molecular flexibility index (Phi) is 3.67. The second-order valence-corrected chi connectivity index (χ2v) is 5.60. The van der Waals surface area contributed by atoms with Gasteiger partial charge in [0.25, 0.3) is 9.84 Å². The van der Waals surface area contributed by atoms with E-state index in [1.807, 2.05) is 0 Å². The van der Waals surface area contributed by atoms with Crippen LogP contribution in [0.4, 0.5) is 13.2 Å². The van der Waals surface area contributed by atoms with Gasteiger partial charge in [-0.05, 0) is 24.3 Å². The van der Waals surface area contributed by atoms with E-state index in [9.17, 15) is 21.6 Å². The van der Waals surface area contributed by atoms with E-state index in [4.69, 9.17) is 4.74 Å². The van der Waals surface area contributed by atoms with Gasteiger partial charge in [0.05, 0.1) is 6.20 Å². The molecule has 4 nitrogen and oxygen atoms in total. The Labute approximate surface area is 112 Å². The molecule has 20 heavy (non-hydrogen) atoms. The third-order valence-corrected chi connectivity index (χ3v) is 3.83. The molecule has 0 bridgehead atoms. The minimum atomic E-state index is -5.47. The van der Waals surface area contributed by atoms with E-state index in [1.165, 1.54) is 36.7 Å². The lowest BCUT2D eigenvalue weighted by atomic mass is 10.3. The summed E-state index contributed by atoms with van der Waals surface area (Å²) < 4.78 is 65.8. The van der Waals surface area contributed by atoms with E-state index in [2.05, 4.69) is 4.98 Å². The van der Waals surface area contributed by atoms with Gasteiger partial charge >= 0.3 is 5.51 Å². The standard InChI is InChI=1S/C12H8F3NO3S/c13-12(14,15)20(17,18)11-6-2-1-5-10(11)19-9-4-3-7-16-8-9/h1-8H. The molecule has 2 aromatic rings. The number of halogens is 3. The van der Waals surface area contributed by atoms with Crippen molar-refractivity contribution in [3.63, 3.8) is 0 Å². The zero-order valence-electron chi connectivity index (χ0n) is 9.83. The van der Waals surface area contributed by atoms with Gasteiger partial charge in [0.1, 0.15) is 16.4 Å². The Balaban J connectivity index is 2.47. The molecule has 0 aliphatic rings. The number of para-hydroxylation sites is 1. The lowest BCUT2D eigenvalue weighted by molar-refractivity contribution is -0.0436. The number of hydrogen-bond acceptors (Lipinski definition) is 4. The fourth-order valence-electron chi connectivity index (χ4n) is 1.42. The van der Waals surface area contributed by atoms with Crippen molar-refractivity contribution in [3.05, 3.63) is 48.8 Å². The minimum Gasteiger partial charge on any atom is -0.454 e. The highest BCUT2D eigenvalue weighted by Crippen LogP contribution is 2.36. The van der Waals surface area contributed by atoms with Crippen molar-refractivity contribution in [1.29, 1.82) is 0 Å². The Morgan fingerprint density at radius 1 is 1.05 bits per heavy atom. The van der Waals surface area contributed by atoms with E-state index < -0.39 is 26.0 Å². The molecular weight excluding hydrogens is 295 g/mol. The highest BCUT2D eigenvalue weighted by atomic mass is 32.2. The van der Waals surface area contributed by atoms with Gasteiger partial charge in [-0.3, -0.25) is 4.98 Å². The maximum absolute atomic E-state index is 12.6. The molecule has 0 aliphatic heterocycles. The maximum atomic E-state index is 12.6. The molecule has 0 saturated carbocycles. The topological polar surface area (TPSA) is 56.3 Å². The van der Waals surface area contributed by atoms with Crippen LogP contribution in [-0.4, -0.2) is 18.9 Å². The number of benzene rings is 1. The van der Waals surface area contributed by atoms with Crippen LogP contribution in [0.1, 0.15) is 0 Å². The molecule has 1 heterocycles. The average molecular weight is 303 g/mol. The van der Waals surface area contributed by atoms with Crippen molar-refractivity contribution in [2.45, 2.75) is 10.4 Å². The molecule has 0 fully saturated rings. The maximum Gasteiger partial charge on any atom is 0.502 e. The predicted octanol–water partition coefficient (Wildman–Crippen LogP) is 3.17. The van der Waals surface area contributed by atoms with E-state index >= 15 is 0 Å². The lowest BCUT2D eigenvalue weighted by Gasteiger charge is -2.12. The van der Waals surface area contributed by atoms with E-state index in [0.717, 1.165) is 12.1 Å². The average Bonchev–Trinajstić information content (AvgIpc) is 2.39. The van der Waals surface area contributed by atoms with Crippen LogP contribution in [0.5, 0.6) is 11.5 Å². The number of aromatic nitrogens is 1. The molecule has 0 amide bonds. The normalized spacial score (nSPS) is 12.2. The molecule has 2 rings (SSSR count). The summed E-state index contributed by atoms with van der Waals surface area (Å²) in [6, 6.07) is 7.51. The van der Waals surface area contributed by atoms with Crippen molar-refractivity contribution in [1.82, 2.24) is 4.98 Å². The minimum absolute atomic E-state index is 0.136. The monoisotopic (exact) mass is 303 g/mol. The van der Waals surface area contributed by atoms with Crippen molar-refractivity contribution in [3.8, 4) is 11.5 Å². The first kappa shape index (κ1) is 14.3. The largest absolute Gasteiger partial charge is 0.502 e. The van der Waals surface area contributed by atoms with Gasteiger partial charge in [-0.1, -0.05) is 12.1 Å². The SMILES string of the molecule is O=S(=O)(c1ccccc1Oc1cccnc1)C(F)(F)F. The highest BCUT2D eigenvalue weighted by molar-refractivity contribution is 7.92. The van der Waals surface area contributed by atoms with Crippen LogP contribution in [0.25, 0.3) is 0 Å². The molecule has 8 heteroatoms. The summed E-state index contributed by atoms with van der Waals surface area (Å²) in [5.74, 6) is -0.268. The second kappa shape index (κ2) is 5.12. The number of sulfone groups is 1. The second-order valence-electron chi connectivity index (χ2n) is 3.69. The summed E-state index contributed by atoms with van der Waals surface area (Å²) in [5.41, 5.74) is -5.39. The van der Waals surface area contributed by atoms with Crippen molar-refractivity contribution in [2.24, 2.45) is 0 Å². The number of pyridine rings is 1. The smallest absolute Gasteiger partial charge is 0.454 e. The number of hydrogen-bond donors (Lipinski definition) is 0. The molecule has 0 N–H and O–H groups in total. The molecule has 0 atom stereocenters. The van der Waals surface area contributed by atoms with Gasteiger partial charge in [0.15, 0.2) is 0 Å². The number of ether oxygens (including phenoxy) is 1. The zero-order valence-corrected chi connectivity index (χ0v) is 10.6. The quantitative estimate of drug-likeness (QED) is 0.874. The van der Waals surface area contributed by atoms with E-state index in [0.29, 0.717) is 0 Å². The number of nitrogens with zero attached hydrogens (tertiary/aromatic N) is 1. The molecule has 106 valence electrons. The summed E-state index contributed by atoms with van der Waals surface area (Å²) in [6.07, 6.45) is 2.71. The van der Waals surface area contributed by atoms with Gasteiger partial charge < -0.3 is 4.74 Å². The number of rotatable bonds is 3. The zero-order chi connectivity index (χ0) is 14.8.